The van der Waals surface area contributed by atoms with Gasteiger partial charge in [-0.25, -0.2) is 32.5 Å². The third kappa shape index (κ3) is 7.29. The summed E-state index contributed by atoms with van der Waals surface area (Å²) in [6.45, 7) is 1.63. The molecule has 0 spiro atoms. The molecule has 0 fully saturated rings. The normalized spacial score (nSPS) is 12.5. The van der Waals surface area contributed by atoms with E-state index in [1.54, 1.807) is 30.3 Å². The quantitative estimate of drug-likeness (QED) is 0.193. The van der Waals surface area contributed by atoms with Crippen LogP contribution in [0, 0.1) is 11.6 Å². The molecule has 38 heavy (non-hydrogen) atoms. The number of alkyl carbamates (subject to hydrolysis) is 1. The average molecular weight is 571 g/mol. The van der Waals surface area contributed by atoms with Crippen LogP contribution in [0.5, 0.6) is 5.75 Å². The van der Waals surface area contributed by atoms with Crippen molar-refractivity contribution in [2.45, 2.75) is 36.2 Å². The van der Waals surface area contributed by atoms with Gasteiger partial charge in [0.05, 0.1) is 12.1 Å². The minimum absolute atomic E-state index is 0.0595. The number of amides is 1. The molecule has 0 aliphatic rings. The van der Waals surface area contributed by atoms with Crippen molar-refractivity contribution in [2.24, 2.45) is 0 Å². The number of carbonyl (C=O) groups is 3. The Kier molecular flexibility index (Phi) is 10.2. The predicted octanol–water partition coefficient (Wildman–Crippen LogP) is 5.54. The van der Waals surface area contributed by atoms with Crippen molar-refractivity contribution in [1.29, 1.82) is 0 Å². The second-order valence-corrected chi connectivity index (χ2v) is 9.63. The molecule has 0 aliphatic carbocycles. The molecule has 8 nitrogen and oxygen atoms in total. The van der Waals surface area contributed by atoms with Gasteiger partial charge in [0.1, 0.15) is 34.6 Å². The lowest BCUT2D eigenvalue weighted by Gasteiger charge is -2.18. The fourth-order valence-electron chi connectivity index (χ4n) is 3.12. The van der Waals surface area contributed by atoms with Crippen LogP contribution in [0.15, 0.2) is 47.5 Å². The highest BCUT2D eigenvalue weighted by Crippen LogP contribution is 2.39. The first-order valence-electron chi connectivity index (χ1n) is 11.2. The lowest BCUT2D eigenvalue weighted by Crippen LogP contribution is -2.41. The van der Waals surface area contributed by atoms with Crippen LogP contribution in [-0.2, 0) is 20.9 Å². The summed E-state index contributed by atoms with van der Waals surface area (Å²) in [5, 5.41) is 1.82. The van der Waals surface area contributed by atoms with Crippen molar-refractivity contribution in [3.63, 3.8) is 0 Å². The number of nitrogens with one attached hydrogen (secondary N) is 1. The monoisotopic (exact) mass is 570 g/mol. The lowest BCUT2D eigenvalue weighted by molar-refractivity contribution is -0.136. The van der Waals surface area contributed by atoms with Crippen LogP contribution in [0.3, 0.4) is 0 Å². The third-order valence-electron chi connectivity index (χ3n) is 4.89. The molecular formula is C25H22ClF3N2O6S. The Morgan fingerprint density at radius 1 is 1.11 bits per heavy atom. The number of halogens is 4. The van der Waals surface area contributed by atoms with Crippen molar-refractivity contribution in [2.75, 3.05) is 13.3 Å². The summed E-state index contributed by atoms with van der Waals surface area (Å²) in [6, 6.07) is 8.91. The Balaban J connectivity index is 1.94. The third-order valence-corrected chi connectivity index (χ3v) is 6.17. The standard InChI is InChI=1S/C25H22ClF3N2O6S/c1-3-35-24(33)20-21(15-9-16(28)17(29)10-18(15)31-22(20)38-19(26)11-27)37-23(32)13(2)30-25(34)36-12-14-7-5-4-6-8-14/h4-10,13,19H,3,11-12H2,1-2H3,(H,30,34)/t13-,19?/m0/s1. The predicted molar refractivity (Wildman–Crippen MR) is 134 cm³/mol. The molecule has 1 amide bonds. The summed E-state index contributed by atoms with van der Waals surface area (Å²) >= 11 is 6.49. The first-order chi connectivity index (χ1) is 18.1. The van der Waals surface area contributed by atoms with Crippen molar-refractivity contribution in [3.8, 4) is 5.75 Å². The van der Waals surface area contributed by atoms with E-state index in [1.807, 2.05) is 0 Å². The fraction of sp³-hybridized carbons (Fsp3) is 0.280. The number of esters is 2. The number of aromatic nitrogens is 1. The van der Waals surface area contributed by atoms with E-state index in [-0.39, 0.29) is 29.1 Å². The molecule has 1 unspecified atom stereocenters. The average Bonchev–Trinajstić information content (AvgIpc) is 2.89. The van der Waals surface area contributed by atoms with Crippen LogP contribution < -0.4 is 10.1 Å². The number of carbonyl (C=O) groups excluding carboxylic acids is 3. The molecule has 0 radical (unpaired) electrons. The first-order valence-corrected chi connectivity index (χ1v) is 12.5. The number of benzene rings is 2. The SMILES string of the molecule is CCOC(=O)c1c(SC(Cl)CF)nc2cc(F)c(F)cc2c1OC(=O)[C@H](C)NC(=O)OCc1ccccc1. The zero-order valence-corrected chi connectivity index (χ0v) is 21.7. The van der Waals surface area contributed by atoms with Gasteiger partial charge in [-0.3, -0.25) is 0 Å². The Bertz CT molecular complexity index is 1330. The molecule has 0 saturated heterocycles. The van der Waals surface area contributed by atoms with Crippen molar-refractivity contribution >= 4 is 52.3 Å². The zero-order chi connectivity index (χ0) is 27.8. The minimum atomic E-state index is -1.30. The molecule has 13 heteroatoms. The lowest BCUT2D eigenvalue weighted by atomic mass is 10.1. The van der Waals surface area contributed by atoms with Gasteiger partial charge in [-0.15, -0.1) is 11.6 Å². The molecule has 1 aromatic heterocycles. The highest BCUT2D eigenvalue weighted by Gasteiger charge is 2.30. The highest BCUT2D eigenvalue weighted by atomic mass is 35.5. The van der Waals surface area contributed by atoms with E-state index in [0.29, 0.717) is 23.4 Å². The van der Waals surface area contributed by atoms with E-state index in [1.165, 1.54) is 13.8 Å². The van der Waals surface area contributed by atoms with Gasteiger partial charge in [0.2, 0.25) is 0 Å². The minimum Gasteiger partial charge on any atom is -0.462 e. The number of rotatable bonds is 10. The maximum absolute atomic E-state index is 14.2. The summed E-state index contributed by atoms with van der Waals surface area (Å²) in [5.41, 5.74) is 0.0693. The molecule has 202 valence electrons. The van der Waals surface area contributed by atoms with Gasteiger partial charge in [0.15, 0.2) is 17.4 Å². The van der Waals surface area contributed by atoms with Crippen molar-refractivity contribution in [1.82, 2.24) is 10.3 Å². The summed E-state index contributed by atoms with van der Waals surface area (Å²) in [5.74, 6) is -5.18. The maximum Gasteiger partial charge on any atom is 0.408 e. The molecule has 2 aromatic carbocycles. The molecule has 0 bridgehead atoms. The summed E-state index contributed by atoms with van der Waals surface area (Å²) in [4.78, 5) is 42.0. The molecule has 3 aromatic rings. The van der Waals surface area contributed by atoms with Crippen molar-refractivity contribution in [3.05, 3.63) is 65.2 Å². The maximum atomic E-state index is 14.2. The molecule has 2 atom stereocenters. The second kappa shape index (κ2) is 13.3. The highest BCUT2D eigenvalue weighted by molar-refractivity contribution is 8.01. The zero-order valence-electron chi connectivity index (χ0n) is 20.1. The molecule has 3 rings (SSSR count). The van der Waals surface area contributed by atoms with Crippen LogP contribution in [0.2, 0.25) is 0 Å². The molecule has 0 saturated carbocycles. The van der Waals surface area contributed by atoms with Crippen LogP contribution in [0.1, 0.15) is 29.8 Å². The Hall–Kier alpha value is -3.51. The number of alkyl halides is 2. The van der Waals surface area contributed by atoms with Crippen molar-refractivity contribution < 1.29 is 41.8 Å². The van der Waals surface area contributed by atoms with E-state index in [9.17, 15) is 27.6 Å². The molecule has 1 N–H and O–H groups in total. The van der Waals surface area contributed by atoms with Crippen LogP contribution in [0.25, 0.3) is 10.9 Å². The summed E-state index contributed by atoms with van der Waals surface area (Å²) < 4.78 is 55.6. The molecular weight excluding hydrogens is 549 g/mol. The van der Waals surface area contributed by atoms with Gasteiger partial charge in [0, 0.05) is 11.5 Å². The summed E-state index contributed by atoms with van der Waals surface area (Å²) in [6.07, 6.45) is -0.930. The number of nitrogens with zero attached hydrogens (tertiary/aromatic N) is 1. The number of fused-ring (bicyclic) bond motifs is 1. The topological polar surface area (TPSA) is 104 Å². The summed E-state index contributed by atoms with van der Waals surface area (Å²) in [7, 11) is 0. The van der Waals surface area contributed by atoms with Gasteiger partial charge >= 0.3 is 18.0 Å². The van der Waals surface area contributed by atoms with Gasteiger partial charge < -0.3 is 19.5 Å². The number of hydrogen-bond donors (Lipinski definition) is 1. The van der Waals surface area contributed by atoms with Crippen LogP contribution >= 0.6 is 23.4 Å². The number of thioether (sulfide) groups is 1. The van der Waals surface area contributed by atoms with Crippen LogP contribution in [0.4, 0.5) is 18.0 Å². The molecule has 0 aliphatic heterocycles. The van der Waals surface area contributed by atoms with Gasteiger partial charge in [-0.2, -0.15) is 0 Å². The largest absolute Gasteiger partial charge is 0.462 e. The van der Waals surface area contributed by atoms with Crippen LogP contribution in [-0.4, -0.2) is 47.0 Å². The fourth-order valence-corrected chi connectivity index (χ4v) is 4.13. The molecule has 1 heterocycles. The number of ether oxygens (including phenoxy) is 3. The van der Waals surface area contributed by atoms with Gasteiger partial charge in [0.25, 0.3) is 0 Å². The van der Waals surface area contributed by atoms with E-state index in [2.05, 4.69) is 10.3 Å². The second-order valence-electron chi connectivity index (χ2n) is 7.66. The van der Waals surface area contributed by atoms with E-state index >= 15 is 0 Å². The number of hydrogen-bond acceptors (Lipinski definition) is 8. The first kappa shape index (κ1) is 29.1. The van der Waals surface area contributed by atoms with Gasteiger partial charge in [-0.05, 0) is 25.5 Å². The van der Waals surface area contributed by atoms with E-state index in [0.717, 1.165) is 6.07 Å². The Morgan fingerprint density at radius 2 is 1.79 bits per heavy atom. The number of pyridine rings is 1. The Morgan fingerprint density at radius 3 is 2.45 bits per heavy atom. The Labute approximate surface area is 224 Å². The van der Waals surface area contributed by atoms with E-state index < -0.39 is 58.4 Å². The van der Waals surface area contributed by atoms with E-state index in [4.69, 9.17) is 25.8 Å². The van der Waals surface area contributed by atoms with Gasteiger partial charge in [-0.1, -0.05) is 42.1 Å². The smallest absolute Gasteiger partial charge is 0.408 e.